The van der Waals surface area contributed by atoms with Gasteiger partial charge in [-0.3, -0.25) is 14.4 Å². The zero-order chi connectivity index (χ0) is 41.6. The molecule has 0 aromatic heterocycles. The number of allylic oxidation sites excluding steroid dienone is 3. The minimum atomic E-state index is -1.62. The van der Waals surface area contributed by atoms with Crippen LogP contribution < -0.4 is 9.47 Å². The summed E-state index contributed by atoms with van der Waals surface area (Å²) in [6, 6.07) is 0. The molecule has 57 heavy (non-hydrogen) atoms. The lowest BCUT2D eigenvalue weighted by atomic mass is 9.51. The maximum atomic E-state index is 15.4. The summed E-state index contributed by atoms with van der Waals surface area (Å²) in [4.78, 5) is 57.8. The van der Waals surface area contributed by atoms with E-state index in [0.29, 0.717) is 73.1 Å². The normalized spacial score (nSPS) is 31.8. The van der Waals surface area contributed by atoms with Crippen LogP contribution in [0.25, 0.3) is 0 Å². The number of hydrogen-bond acceptors (Lipinski definition) is 11. The average Bonchev–Trinajstić information content (AvgIpc) is 3.28. The monoisotopic (exact) mass is 787 g/mol. The average molecular weight is 788 g/mol. The number of carbonyl (C=O) groups excluding carboxylic acids is 4. The van der Waals surface area contributed by atoms with Crippen molar-refractivity contribution in [1.82, 2.24) is 4.90 Å². The number of benzene rings is 1. The maximum absolute atomic E-state index is 15.4. The standard InChI is InChI=1S/C46H61NO10/c1-12-47(13-2)20-21-53-41(52)26(5)14-19-45-40(51)28-22-32-36(49)35-37(50)34(31-24-44(11,54-27(6)48)18-16-29(31)25(3)4)38-30(15-17-42(7,8)55-38)39(35)56-46(32,45)33(23-28)43(9,10)57-45/h14,22,28,31,33,50H,12-13,15-21,23-24H2,1-11H3/b26-14-/t28-,31?,33+,44?,45+,46-/m1/s1. The summed E-state index contributed by atoms with van der Waals surface area (Å²) >= 11 is 0. The molecule has 0 amide bonds. The second-order valence-corrected chi connectivity index (χ2v) is 18.8. The molecule has 1 N–H and O–H groups in total. The molecule has 2 saturated carbocycles. The first-order valence-corrected chi connectivity index (χ1v) is 20.9. The molecule has 4 aliphatic carbocycles. The zero-order valence-electron chi connectivity index (χ0n) is 35.7. The molecule has 11 nitrogen and oxygen atoms in total. The van der Waals surface area contributed by atoms with Crippen molar-refractivity contribution in [2.45, 2.75) is 155 Å². The van der Waals surface area contributed by atoms with Crippen LogP contribution in [0.4, 0.5) is 0 Å². The zero-order valence-corrected chi connectivity index (χ0v) is 35.7. The number of carbonyl (C=O) groups is 4. The topological polar surface area (TPSA) is 138 Å². The minimum Gasteiger partial charge on any atom is -0.507 e. The van der Waals surface area contributed by atoms with Gasteiger partial charge in [-0.2, -0.15) is 0 Å². The van der Waals surface area contributed by atoms with E-state index in [1.54, 1.807) is 19.1 Å². The summed E-state index contributed by atoms with van der Waals surface area (Å²) in [6.07, 6.45) is 6.63. The van der Waals surface area contributed by atoms with Crippen LogP contribution in [-0.4, -0.2) is 87.8 Å². The first kappa shape index (κ1) is 41.2. The predicted molar refractivity (Wildman–Crippen MR) is 214 cm³/mol. The third-order valence-corrected chi connectivity index (χ3v) is 13.9. The minimum absolute atomic E-state index is 0.00425. The second-order valence-electron chi connectivity index (χ2n) is 18.8. The van der Waals surface area contributed by atoms with E-state index >= 15 is 4.79 Å². The van der Waals surface area contributed by atoms with Crippen LogP contribution in [0, 0.1) is 11.8 Å². The van der Waals surface area contributed by atoms with E-state index in [1.807, 2.05) is 48.5 Å². The van der Waals surface area contributed by atoms with Crippen LogP contribution in [0.1, 0.15) is 142 Å². The highest BCUT2D eigenvalue weighted by Gasteiger charge is 2.81. The van der Waals surface area contributed by atoms with Gasteiger partial charge in [-0.15, -0.1) is 0 Å². The number of ether oxygens (including phenoxy) is 5. The van der Waals surface area contributed by atoms with Crippen LogP contribution in [0.2, 0.25) is 0 Å². The number of hydrogen-bond donors (Lipinski definition) is 1. The Kier molecular flexibility index (Phi) is 10.2. The first-order chi connectivity index (χ1) is 26.7. The van der Waals surface area contributed by atoms with E-state index < -0.39 is 57.5 Å². The quantitative estimate of drug-likeness (QED) is 0.142. The number of likely N-dealkylation sites (N-methyl/N-ethyl adjacent to an activating group) is 1. The van der Waals surface area contributed by atoms with E-state index in [2.05, 4.69) is 18.7 Å². The number of esters is 2. The van der Waals surface area contributed by atoms with Gasteiger partial charge in [0.1, 0.15) is 40.6 Å². The van der Waals surface area contributed by atoms with E-state index in [-0.39, 0.29) is 41.8 Å². The summed E-state index contributed by atoms with van der Waals surface area (Å²) in [5.41, 5.74) is -1.35. The van der Waals surface area contributed by atoms with Crippen molar-refractivity contribution in [1.29, 1.82) is 0 Å². The summed E-state index contributed by atoms with van der Waals surface area (Å²) in [7, 11) is 0. The maximum Gasteiger partial charge on any atom is 0.333 e. The Morgan fingerprint density at radius 1 is 0.982 bits per heavy atom. The van der Waals surface area contributed by atoms with E-state index in [9.17, 15) is 19.5 Å². The summed E-state index contributed by atoms with van der Waals surface area (Å²) in [6.45, 7) is 23.6. The third-order valence-electron chi connectivity index (χ3n) is 13.9. The van der Waals surface area contributed by atoms with Gasteiger partial charge in [0.25, 0.3) is 0 Å². The molecule has 0 radical (unpaired) electrons. The Morgan fingerprint density at radius 2 is 1.68 bits per heavy atom. The largest absolute Gasteiger partial charge is 0.507 e. The number of rotatable bonds is 10. The number of phenolic OH excluding ortho intramolecular Hbond substituents is 1. The molecule has 1 saturated heterocycles. The number of nitrogens with zero attached hydrogens (tertiary/aromatic N) is 1. The van der Waals surface area contributed by atoms with E-state index in [0.717, 1.165) is 24.2 Å². The van der Waals surface area contributed by atoms with Gasteiger partial charge in [0.05, 0.1) is 5.60 Å². The van der Waals surface area contributed by atoms with Crippen LogP contribution in [0.5, 0.6) is 17.2 Å². The number of ketones is 2. The smallest absolute Gasteiger partial charge is 0.333 e. The van der Waals surface area contributed by atoms with Crippen molar-refractivity contribution in [2.75, 3.05) is 26.2 Å². The molecule has 11 heteroatoms. The van der Waals surface area contributed by atoms with Crippen LogP contribution in [0.15, 0.2) is 34.4 Å². The van der Waals surface area contributed by atoms with Gasteiger partial charge >= 0.3 is 11.9 Å². The van der Waals surface area contributed by atoms with Gasteiger partial charge in [0.2, 0.25) is 0 Å². The lowest BCUT2D eigenvalue weighted by molar-refractivity contribution is -0.171. The molecule has 2 unspecified atom stereocenters. The van der Waals surface area contributed by atoms with Gasteiger partial charge < -0.3 is 33.7 Å². The van der Waals surface area contributed by atoms with E-state index in [1.165, 1.54) is 6.92 Å². The Morgan fingerprint density at radius 3 is 2.33 bits per heavy atom. The molecular weight excluding hydrogens is 727 g/mol. The van der Waals surface area contributed by atoms with Crippen molar-refractivity contribution < 1.29 is 48.0 Å². The summed E-state index contributed by atoms with van der Waals surface area (Å²) in [5.74, 6) is -2.37. The molecule has 4 bridgehead atoms. The molecule has 3 heterocycles. The highest BCUT2D eigenvalue weighted by molar-refractivity contribution is 6.18. The highest BCUT2D eigenvalue weighted by Crippen LogP contribution is 2.69. The lowest BCUT2D eigenvalue weighted by Gasteiger charge is -2.56. The van der Waals surface area contributed by atoms with Crippen molar-refractivity contribution in [3.63, 3.8) is 0 Å². The van der Waals surface area contributed by atoms with Gasteiger partial charge in [0.15, 0.2) is 22.8 Å². The van der Waals surface area contributed by atoms with Gasteiger partial charge in [-0.1, -0.05) is 37.1 Å². The molecule has 8 rings (SSSR count). The Balaban J connectivity index is 1.37. The number of aromatic hydroxyl groups is 1. The third kappa shape index (κ3) is 6.37. The Bertz CT molecular complexity index is 2010. The van der Waals surface area contributed by atoms with Crippen LogP contribution >= 0.6 is 0 Å². The van der Waals surface area contributed by atoms with Crippen LogP contribution in [-0.2, 0) is 35.0 Å². The summed E-state index contributed by atoms with van der Waals surface area (Å²) in [5, 5.41) is 12.6. The van der Waals surface area contributed by atoms with Gasteiger partial charge in [0, 0.05) is 59.9 Å². The van der Waals surface area contributed by atoms with Crippen molar-refractivity contribution in [3.05, 3.63) is 51.1 Å². The molecule has 3 aliphatic heterocycles. The highest BCUT2D eigenvalue weighted by atomic mass is 16.6. The molecule has 7 aliphatic rings. The summed E-state index contributed by atoms with van der Waals surface area (Å²) < 4.78 is 32.6. The van der Waals surface area contributed by atoms with Crippen molar-refractivity contribution >= 4 is 23.5 Å². The number of phenols is 1. The molecule has 1 aromatic rings. The second kappa shape index (κ2) is 14.1. The van der Waals surface area contributed by atoms with E-state index in [4.69, 9.17) is 23.7 Å². The molecule has 1 spiro atoms. The molecule has 3 fully saturated rings. The predicted octanol–water partition coefficient (Wildman–Crippen LogP) is 7.65. The van der Waals surface area contributed by atoms with Gasteiger partial charge in [-0.25, -0.2) is 4.79 Å². The van der Waals surface area contributed by atoms with Gasteiger partial charge in [-0.05, 0) is 107 Å². The fourth-order valence-electron chi connectivity index (χ4n) is 11.0. The Hall–Kier alpha value is -3.96. The Labute approximate surface area is 337 Å². The fourth-order valence-corrected chi connectivity index (χ4v) is 11.0. The SMILES string of the molecule is CCN(CC)CCOC(=O)/C(C)=C\C[C@@]12OC(C)(C)[C@@H]3C[C@@H](C=C4C(=O)c5c(O)c(C6CC(C)(OC(C)=O)CCC6=C(C)C)c6c(c5O[C@]431)CCC(C)(C)O6)C2=O. The van der Waals surface area contributed by atoms with Crippen LogP contribution in [0.3, 0.4) is 0 Å². The first-order valence-electron chi connectivity index (χ1n) is 20.9. The molecule has 6 atom stereocenters. The molecule has 310 valence electrons. The lowest BCUT2D eigenvalue weighted by Crippen LogP contribution is -2.72. The van der Waals surface area contributed by atoms with Crippen molar-refractivity contribution in [3.8, 4) is 17.2 Å². The molecule has 1 aromatic carbocycles. The number of fused-ring (bicyclic) bond motifs is 3. The van der Waals surface area contributed by atoms with Crippen molar-refractivity contribution in [2.24, 2.45) is 11.8 Å². The molecular formula is C46H61NO10. The fraction of sp³-hybridized carbons (Fsp3) is 0.652. The number of Topliss-reactive ketones (excluding diaryl/α,β-unsaturated/α-hetero) is 2.